The Kier molecular flexibility index (Phi) is 9.64. The number of aromatic hydroxyl groups is 1. The second kappa shape index (κ2) is 13.5. The number of hydrogen-bond acceptors (Lipinski definition) is 3. The zero-order chi connectivity index (χ0) is 36.5. The third-order valence-electron chi connectivity index (χ3n) is 9.81. The summed E-state index contributed by atoms with van der Waals surface area (Å²) >= 11 is 0. The Bertz CT molecular complexity index is 2440. The van der Waals surface area contributed by atoms with Crippen molar-refractivity contribution in [1.82, 2.24) is 14.5 Å². The maximum Gasteiger partial charge on any atom is 0.144 e. The molecule has 52 heavy (non-hydrogen) atoms. The first-order chi connectivity index (χ1) is 24.0. The van der Waals surface area contributed by atoms with Gasteiger partial charge >= 0.3 is 0 Å². The van der Waals surface area contributed by atoms with E-state index in [1.165, 1.54) is 5.56 Å². The average molecular weight is 866 g/mol. The van der Waals surface area contributed by atoms with Crippen molar-refractivity contribution in [3.8, 4) is 50.5 Å². The van der Waals surface area contributed by atoms with E-state index in [1.807, 2.05) is 24.4 Å². The molecule has 5 heteroatoms. The van der Waals surface area contributed by atoms with E-state index in [0.29, 0.717) is 0 Å². The quantitative estimate of drug-likeness (QED) is 0.179. The van der Waals surface area contributed by atoms with Gasteiger partial charge in [0.25, 0.3) is 0 Å². The molecule has 0 spiro atoms. The Morgan fingerprint density at radius 2 is 1.25 bits per heavy atom. The van der Waals surface area contributed by atoms with Crippen LogP contribution in [0.3, 0.4) is 0 Å². The van der Waals surface area contributed by atoms with Gasteiger partial charge in [-0.2, -0.15) is 0 Å². The number of phenols is 1. The molecule has 0 amide bonds. The van der Waals surface area contributed by atoms with Crippen LogP contribution in [0.1, 0.15) is 79.0 Å². The topological polar surface area (TPSA) is 50.9 Å². The minimum absolute atomic E-state index is 0. The molecule has 0 fully saturated rings. The third kappa shape index (κ3) is 6.98. The van der Waals surface area contributed by atoms with Crippen LogP contribution in [0.15, 0.2) is 103 Å². The minimum atomic E-state index is -0.347. The van der Waals surface area contributed by atoms with Gasteiger partial charge in [-0.3, -0.25) is 4.98 Å². The average Bonchev–Trinajstić information content (AvgIpc) is 3.47. The Morgan fingerprint density at radius 3 is 1.88 bits per heavy atom. The monoisotopic (exact) mass is 865 g/mol. The number of nitrogens with zero attached hydrogens (tertiary/aromatic N) is 3. The summed E-state index contributed by atoms with van der Waals surface area (Å²) in [6.07, 6.45) is 1.87. The molecule has 0 aliphatic heterocycles. The molecule has 0 radical (unpaired) electrons. The molecule has 0 saturated carbocycles. The molecule has 5 aromatic carbocycles. The minimum Gasteiger partial charge on any atom is -0.507 e. The number of phenolic OH excluding ortho intramolecular Hbond substituents is 1. The number of hydrogen-bond donors (Lipinski definition) is 1. The molecule has 0 aliphatic rings. The summed E-state index contributed by atoms with van der Waals surface area (Å²) in [6, 6.07) is 38.0. The van der Waals surface area contributed by atoms with Crippen LogP contribution in [0, 0.1) is 13.0 Å². The van der Waals surface area contributed by atoms with Crippen molar-refractivity contribution in [1.29, 1.82) is 0 Å². The van der Waals surface area contributed by atoms with Crippen LogP contribution in [0.5, 0.6) is 5.75 Å². The van der Waals surface area contributed by atoms with Crippen LogP contribution >= 0.6 is 0 Å². The summed E-state index contributed by atoms with van der Waals surface area (Å²) in [5.41, 5.74) is 12.9. The molecular formula is C47H48N3OPt-. The van der Waals surface area contributed by atoms with Gasteiger partial charge in [-0.15, -0.1) is 34.9 Å². The second-order valence-electron chi connectivity index (χ2n) is 17.0. The molecule has 0 unspecified atom stereocenters. The number of fused-ring (bicyclic) bond motifs is 2. The van der Waals surface area contributed by atoms with Crippen LogP contribution in [0.2, 0.25) is 0 Å². The molecule has 2 aromatic heterocycles. The number of aryl methyl sites for hydroxylation is 1. The van der Waals surface area contributed by atoms with E-state index in [9.17, 15) is 5.11 Å². The number of pyridine rings is 1. The third-order valence-corrected chi connectivity index (χ3v) is 9.81. The fraction of sp³-hybridized carbons (Fsp3) is 0.277. The molecule has 0 aliphatic carbocycles. The van der Waals surface area contributed by atoms with Gasteiger partial charge in [-0.25, -0.2) is 4.98 Å². The van der Waals surface area contributed by atoms with Crippen LogP contribution in [-0.2, 0) is 37.4 Å². The molecule has 4 nitrogen and oxygen atoms in total. The number of benzene rings is 5. The van der Waals surface area contributed by atoms with Gasteiger partial charge in [-0.05, 0) is 83.5 Å². The molecule has 2 heterocycles. The van der Waals surface area contributed by atoms with Crippen LogP contribution in [-0.4, -0.2) is 19.6 Å². The summed E-state index contributed by atoms with van der Waals surface area (Å²) in [4.78, 5) is 10.3. The van der Waals surface area contributed by atoms with E-state index in [4.69, 9.17) is 9.97 Å². The SMILES string of the molecule is Cc1cc(-c2cc(C(C)(C)C)cc3cccnc23)[c-]c(-c2cc(-c3ccccc3)cc3c2nc(-c2cc(C(C)(C)C)ccc2O)n3C(C)(C)C)c1.[Pt]. The summed E-state index contributed by atoms with van der Waals surface area (Å²) in [7, 11) is 0. The van der Waals surface area contributed by atoms with Gasteiger partial charge < -0.3 is 9.67 Å². The predicted octanol–water partition coefficient (Wildman–Crippen LogP) is 12.4. The van der Waals surface area contributed by atoms with Gasteiger partial charge in [0, 0.05) is 38.3 Å². The second-order valence-corrected chi connectivity index (χ2v) is 17.0. The number of aromatic nitrogens is 3. The van der Waals surface area contributed by atoms with Gasteiger partial charge in [0.15, 0.2) is 0 Å². The fourth-order valence-electron chi connectivity index (χ4n) is 7.06. The first-order valence-corrected chi connectivity index (χ1v) is 17.9. The molecule has 1 N–H and O–H groups in total. The van der Waals surface area contributed by atoms with Crippen LogP contribution < -0.4 is 0 Å². The van der Waals surface area contributed by atoms with Crippen molar-refractivity contribution >= 4 is 21.9 Å². The predicted molar refractivity (Wildman–Crippen MR) is 214 cm³/mol. The summed E-state index contributed by atoms with van der Waals surface area (Å²) < 4.78 is 2.29. The number of rotatable bonds is 4. The van der Waals surface area contributed by atoms with Crippen molar-refractivity contribution in [2.75, 3.05) is 0 Å². The molecular weight excluding hydrogens is 818 g/mol. The van der Waals surface area contributed by atoms with Gasteiger partial charge in [-0.1, -0.05) is 120 Å². The zero-order valence-corrected chi connectivity index (χ0v) is 34.2. The van der Waals surface area contributed by atoms with Gasteiger partial charge in [0.2, 0.25) is 0 Å². The normalized spacial score (nSPS) is 12.3. The molecule has 268 valence electrons. The van der Waals surface area contributed by atoms with E-state index in [2.05, 4.69) is 159 Å². The maximum absolute atomic E-state index is 11.4. The van der Waals surface area contributed by atoms with Crippen molar-refractivity contribution in [2.24, 2.45) is 0 Å². The molecule has 7 rings (SSSR count). The summed E-state index contributed by atoms with van der Waals surface area (Å²) in [5.74, 6) is 0.963. The van der Waals surface area contributed by atoms with E-state index in [1.54, 1.807) is 0 Å². The molecule has 0 atom stereocenters. The van der Waals surface area contributed by atoms with Gasteiger partial charge in [0.1, 0.15) is 11.6 Å². The van der Waals surface area contributed by atoms with Crippen molar-refractivity contribution < 1.29 is 26.2 Å². The molecule has 0 bridgehead atoms. The Morgan fingerprint density at radius 1 is 0.615 bits per heavy atom. The Balaban J connectivity index is 0.00000464. The van der Waals surface area contributed by atoms with E-state index in [-0.39, 0.29) is 43.2 Å². The first-order valence-electron chi connectivity index (χ1n) is 17.9. The van der Waals surface area contributed by atoms with Gasteiger partial charge in [0.05, 0.1) is 16.6 Å². The first kappa shape index (κ1) is 37.2. The largest absolute Gasteiger partial charge is 0.507 e. The Hall–Kier alpha value is -4.53. The standard InChI is InChI=1S/C47H48N3O.Pt/c1-29-21-33(23-34(22-29)38-28-36(46(5,6)7)24-31-17-14-20-48-42(31)38)37-25-32(30-15-12-11-13-16-30)26-40-43(37)49-44(50(40)47(8,9)10)39-27-35(45(2,3)4)18-19-41(39)51;/h11-22,24-28,51H,1-10H3;/q-1;. The molecule has 0 saturated heterocycles. The fourth-order valence-corrected chi connectivity index (χ4v) is 7.06. The van der Waals surface area contributed by atoms with E-state index >= 15 is 0 Å². The van der Waals surface area contributed by atoms with Crippen molar-refractivity contribution in [3.63, 3.8) is 0 Å². The summed E-state index contributed by atoms with van der Waals surface area (Å²) in [6.45, 7) is 22.1. The van der Waals surface area contributed by atoms with Crippen molar-refractivity contribution in [2.45, 2.75) is 85.6 Å². The summed E-state index contributed by atoms with van der Waals surface area (Å²) in [5, 5.41) is 12.5. The molecule has 7 aromatic rings. The van der Waals surface area contributed by atoms with Crippen LogP contribution in [0.4, 0.5) is 0 Å². The number of imidazole rings is 1. The van der Waals surface area contributed by atoms with E-state index in [0.717, 1.165) is 77.8 Å². The van der Waals surface area contributed by atoms with E-state index < -0.39 is 0 Å². The Labute approximate surface area is 323 Å². The smallest absolute Gasteiger partial charge is 0.144 e. The maximum atomic E-state index is 11.4. The zero-order valence-electron chi connectivity index (χ0n) is 31.9. The van der Waals surface area contributed by atoms with Crippen molar-refractivity contribution in [3.05, 3.63) is 126 Å². The van der Waals surface area contributed by atoms with Crippen LogP contribution in [0.25, 0.3) is 66.7 Å².